The van der Waals surface area contributed by atoms with Gasteiger partial charge in [-0.3, -0.25) is 4.79 Å². The van der Waals surface area contributed by atoms with E-state index < -0.39 is 27.8 Å². The summed E-state index contributed by atoms with van der Waals surface area (Å²) in [6, 6.07) is 0. The van der Waals surface area contributed by atoms with E-state index in [1.165, 1.54) is 0 Å². The van der Waals surface area contributed by atoms with Crippen molar-refractivity contribution in [2.75, 3.05) is 0 Å². The summed E-state index contributed by atoms with van der Waals surface area (Å²) in [5.41, 5.74) is -1.16. The molecule has 0 saturated heterocycles. The second kappa shape index (κ2) is 4.27. The van der Waals surface area contributed by atoms with Gasteiger partial charge in [0.2, 0.25) is 0 Å². The molecule has 0 radical (unpaired) electrons. The molecule has 9 heteroatoms. The average Bonchev–Trinajstić information content (AvgIpc) is 2.80. The molecule has 0 amide bonds. The third kappa shape index (κ3) is 1.77. The van der Waals surface area contributed by atoms with Crippen LogP contribution in [0.3, 0.4) is 0 Å². The fourth-order valence-electron chi connectivity index (χ4n) is 5.37. The Hall–Kier alpha value is -1.51. The van der Waals surface area contributed by atoms with E-state index in [0.717, 1.165) is 32.1 Å². The first-order chi connectivity index (χ1) is 10.3. The van der Waals surface area contributed by atoms with Crippen molar-refractivity contribution in [3.8, 4) is 0 Å². The number of aliphatic carboxylic acids is 1. The molecule has 8 nitrogen and oxygen atoms in total. The summed E-state index contributed by atoms with van der Waals surface area (Å²) in [6.07, 6.45) is 4.64. The van der Waals surface area contributed by atoms with Crippen molar-refractivity contribution in [1.29, 1.82) is 0 Å². The van der Waals surface area contributed by atoms with Crippen molar-refractivity contribution in [3.05, 3.63) is 14.8 Å². The summed E-state index contributed by atoms with van der Waals surface area (Å²) in [4.78, 5) is 26.0. The average molecular weight is 371 g/mol. The number of carboxylic acids is 1. The number of nitro groups is 1. The first-order valence-electron chi connectivity index (χ1n) is 7.34. The van der Waals surface area contributed by atoms with Crippen LogP contribution in [0.5, 0.6) is 0 Å². The summed E-state index contributed by atoms with van der Waals surface area (Å²) in [5, 5.41) is 24.7. The van der Waals surface area contributed by atoms with E-state index >= 15 is 0 Å². The third-order valence-corrected chi connectivity index (χ3v) is 6.17. The van der Waals surface area contributed by atoms with E-state index in [9.17, 15) is 20.0 Å². The summed E-state index contributed by atoms with van der Waals surface area (Å²) in [7, 11) is 0. The number of carboxylic acid groups (broad SMARTS) is 1. The zero-order chi connectivity index (χ0) is 15.7. The predicted molar refractivity (Wildman–Crippen MR) is 77.1 cm³/mol. The van der Waals surface area contributed by atoms with Gasteiger partial charge in [0.15, 0.2) is 0 Å². The van der Waals surface area contributed by atoms with Crippen molar-refractivity contribution in [1.82, 2.24) is 14.8 Å². The Bertz CT molecular complexity index is 674. The van der Waals surface area contributed by atoms with Crippen molar-refractivity contribution < 1.29 is 14.8 Å². The van der Waals surface area contributed by atoms with Crippen LogP contribution in [0.1, 0.15) is 38.5 Å². The molecule has 1 heterocycles. The molecular weight excluding hydrogens is 356 g/mol. The molecule has 4 saturated carbocycles. The van der Waals surface area contributed by atoms with Crippen LogP contribution in [0.15, 0.2) is 4.73 Å². The van der Waals surface area contributed by atoms with Gasteiger partial charge in [-0.2, -0.15) is 4.68 Å². The van der Waals surface area contributed by atoms with Crippen LogP contribution in [-0.2, 0) is 10.3 Å². The lowest BCUT2D eigenvalue weighted by Crippen LogP contribution is -2.59. The fraction of sp³-hybridized carbons (Fsp3) is 0.769. The van der Waals surface area contributed by atoms with Gasteiger partial charge in [-0.25, -0.2) is 0 Å². The molecule has 1 N–H and O–H groups in total. The SMILES string of the molecule is O=C(O)C12C[C@H]3C[C@@H](C1)CC(n1nc([N+](=O)[O-])nc1Br)(C3)C2. The minimum atomic E-state index is -0.739. The van der Waals surface area contributed by atoms with Crippen LogP contribution < -0.4 is 0 Å². The van der Waals surface area contributed by atoms with Gasteiger partial charge in [-0.15, -0.1) is 0 Å². The van der Waals surface area contributed by atoms with E-state index in [-0.39, 0.29) is 0 Å². The normalized spacial score (nSPS) is 39.1. The molecule has 5 rings (SSSR count). The zero-order valence-corrected chi connectivity index (χ0v) is 13.3. The Balaban J connectivity index is 1.81. The number of nitrogens with zero attached hydrogens (tertiary/aromatic N) is 4. The van der Waals surface area contributed by atoms with Crippen LogP contribution >= 0.6 is 15.9 Å². The lowest BCUT2D eigenvalue weighted by molar-refractivity contribution is -0.394. The van der Waals surface area contributed by atoms with Crippen molar-refractivity contribution in [3.63, 3.8) is 0 Å². The van der Waals surface area contributed by atoms with Crippen molar-refractivity contribution in [2.24, 2.45) is 17.3 Å². The molecule has 4 bridgehead atoms. The minimum Gasteiger partial charge on any atom is -0.481 e. The van der Waals surface area contributed by atoms with Crippen LogP contribution in [0.25, 0.3) is 0 Å². The molecule has 4 fully saturated rings. The Morgan fingerprint density at radius 3 is 2.50 bits per heavy atom. The van der Waals surface area contributed by atoms with Gasteiger partial charge < -0.3 is 15.2 Å². The molecule has 0 spiro atoms. The van der Waals surface area contributed by atoms with Gasteiger partial charge in [0.05, 0.1) is 11.0 Å². The summed E-state index contributed by atoms with van der Waals surface area (Å²) in [5.74, 6) is -0.469. The Morgan fingerprint density at radius 1 is 1.36 bits per heavy atom. The second-order valence-corrected chi connectivity index (χ2v) is 7.83. The van der Waals surface area contributed by atoms with Gasteiger partial charge in [0, 0.05) is 21.0 Å². The number of carbonyl (C=O) groups is 1. The van der Waals surface area contributed by atoms with E-state index in [2.05, 4.69) is 26.0 Å². The highest BCUT2D eigenvalue weighted by Gasteiger charge is 2.63. The van der Waals surface area contributed by atoms with Crippen molar-refractivity contribution >= 4 is 27.8 Å². The third-order valence-electron chi connectivity index (χ3n) is 5.65. The number of rotatable bonds is 3. The van der Waals surface area contributed by atoms with Crippen LogP contribution in [0.2, 0.25) is 0 Å². The summed E-state index contributed by atoms with van der Waals surface area (Å²) < 4.78 is 1.90. The molecule has 4 atom stereocenters. The number of halogens is 1. The van der Waals surface area contributed by atoms with Gasteiger partial charge in [-0.1, -0.05) is 0 Å². The maximum absolute atomic E-state index is 11.9. The molecule has 0 aromatic carbocycles. The topological polar surface area (TPSA) is 111 Å². The van der Waals surface area contributed by atoms with Crippen molar-refractivity contribution in [2.45, 2.75) is 44.1 Å². The van der Waals surface area contributed by atoms with Crippen LogP contribution in [-0.4, -0.2) is 30.8 Å². The number of aromatic nitrogens is 3. The summed E-state index contributed by atoms with van der Waals surface area (Å²) >= 11 is 3.27. The molecule has 0 aliphatic heterocycles. The molecule has 1 aromatic heterocycles. The highest BCUT2D eigenvalue weighted by Crippen LogP contribution is 2.64. The molecule has 4 aliphatic carbocycles. The Kier molecular flexibility index (Phi) is 2.74. The van der Waals surface area contributed by atoms with Crippen LogP contribution in [0, 0.1) is 27.4 Å². The van der Waals surface area contributed by atoms with E-state index in [4.69, 9.17) is 0 Å². The summed E-state index contributed by atoms with van der Waals surface area (Å²) in [6.45, 7) is 0. The monoisotopic (exact) mass is 370 g/mol. The lowest BCUT2D eigenvalue weighted by Gasteiger charge is -2.59. The molecule has 118 valence electrons. The van der Waals surface area contributed by atoms with Gasteiger partial charge in [0.25, 0.3) is 4.73 Å². The number of hydrogen-bond acceptors (Lipinski definition) is 5. The number of hydrogen-bond donors (Lipinski definition) is 1. The van der Waals surface area contributed by atoms with Gasteiger partial charge in [-0.05, 0) is 60.3 Å². The highest BCUT2D eigenvalue weighted by molar-refractivity contribution is 9.10. The maximum Gasteiger partial charge on any atom is 0.492 e. The van der Waals surface area contributed by atoms with Gasteiger partial charge >= 0.3 is 11.9 Å². The first kappa shape index (κ1) is 14.1. The van der Waals surface area contributed by atoms with Crippen LogP contribution in [0.4, 0.5) is 5.95 Å². The predicted octanol–water partition coefficient (Wildman–Crippen LogP) is 2.33. The smallest absolute Gasteiger partial charge is 0.481 e. The van der Waals surface area contributed by atoms with E-state index in [1.54, 1.807) is 4.68 Å². The highest BCUT2D eigenvalue weighted by atomic mass is 79.9. The molecular formula is C13H15BrN4O4. The fourth-order valence-corrected chi connectivity index (χ4v) is 5.99. The minimum absolute atomic E-state index is 0.321. The molecule has 1 aromatic rings. The molecule has 4 aliphatic rings. The first-order valence-corrected chi connectivity index (χ1v) is 8.14. The largest absolute Gasteiger partial charge is 0.492 e. The quantitative estimate of drug-likeness (QED) is 0.645. The second-order valence-electron chi connectivity index (χ2n) is 7.12. The zero-order valence-electron chi connectivity index (χ0n) is 11.7. The standard InChI is InChI=1S/C13H15BrN4O4/c14-10-15-11(18(21)22)16-17(10)13-4-7-1-8(5-13)3-12(2-7,6-13)9(19)20/h7-8H,1-6H2,(H,19,20)/t7-,8+,12?,13?. The van der Waals surface area contributed by atoms with E-state index in [1.807, 2.05) is 0 Å². The molecule has 2 unspecified atom stereocenters. The van der Waals surface area contributed by atoms with E-state index in [0.29, 0.717) is 23.0 Å². The lowest BCUT2D eigenvalue weighted by atomic mass is 9.47. The maximum atomic E-state index is 11.9. The Labute approximate surface area is 134 Å². The Morgan fingerprint density at radius 2 is 2.00 bits per heavy atom. The van der Waals surface area contributed by atoms with Gasteiger partial charge in [0.1, 0.15) is 0 Å². The molecule has 22 heavy (non-hydrogen) atoms.